The molecule has 0 saturated carbocycles. The van der Waals surface area contributed by atoms with Crippen molar-refractivity contribution < 1.29 is 9.53 Å². The first-order valence-electron chi connectivity index (χ1n) is 8.90. The van der Waals surface area contributed by atoms with Crippen LogP contribution in [0.5, 0.6) is 0 Å². The number of ether oxygens (including phenoxy) is 1. The van der Waals surface area contributed by atoms with Gasteiger partial charge in [0.25, 0.3) is 0 Å². The molecule has 2 fully saturated rings. The first kappa shape index (κ1) is 23.6. The zero-order chi connectivity index (χ0) is 16.8. The predicted octanol–water partition coefficient (Wildman–Crippen LogP) is 2.21. The van der Waals surface area contributed by atoms with Gasteiger partial charge in [0.05, 0.1) is 18.3 Å². The van der Waals surface area contributed by atoms with E-state index in [1.165, 1.54) is 12.8 Å². The van der Waals surface area contributed by atoms with Gasteiger partial charge in [-0.05, 0) is 44.7 Å². The van der Waals surface area contributed by atoms with Gasteiger partial charge in [0.1, 0.15) is 5.01 Å². The summed E-state index contributed by atoms with van der Waals surface area (Å²) in [6, 6.07) is 0.0268. The van der Waals surface area contributed by atoms with Crippen molar-refractivity contribution in [2.45, 2.75) is 44.9 Å². The largest absolute Gasteiger partial charge is 0.378 e. The van der Waals surface area contributed by atoms with Crippen molar-refractivity contribution in [3.05, 3.63) is 16.1 Å². The average Bonchev–Trinajstić information content (AvgIpc) is 3.26. The van der Waals surface area contributed by atoms with Crippen molar-refractivity contribution in [2.24, 2.45) is 5.92 Å². The summed E-state index contributed by atoms with van der Waals surface area (Å²) in [5.41, 5.74) is 1.13. The summed E-state index contributed by atoms with van der Waals surface area (Å²) in [5, 5.41) is 9.57. The van der Waals surface area contributed by atoms with Crippen LogP contribution in [0.25, 0.3) is 0 Å². The zero-order valence-corrected chi connectivity index (χ0v) is 17.7. The lowest BCUT2D eigenvalue weighted by atomic mass is 9.97. The van der Waals surface area contributed by atoms with E-state index in [9.17, 15) is 4.79 Å². The van der Waals surface area contributed by atoms with E-state index in [4.69, 9.17) is 4.74 Å². The number of aromatic nitrogens is 1. The van der Waals surface area contributed by atoms with Crippen LogP contribution in [-0.4, -0.2) is 55.1 Å². The minimum absolute atomic E-state index is 0. The molecule has 0 aromatic carbocycles. The lowest BCUT2D eigenvalue weighted by Crippen LogP contribution is -2.45. The fraction of sp³-hybridized carbons (Fsp3) is 0.765. The van der Waals surface area contributed by atoms with Gasteiger partial charge in [0.15, 0.2) is 0 Å². The van der Waals surface area contributed by atoms with Gasteiger partial charge < -0.3 is 15.4 Å². The monoisotopic (exact) mass is 424 g/mol. The van der Waals surface area contributed by atoms with E-state index in [0.29, 0.717) is 12.5 Å². The number of thiazole rings is 1. The Morgan fingerprint density at radius 3 is 3.00 bits per heavy atom. The summed E-state index contributed by atoms with van der Waals surface area (Å²) >= 11 is 1.67. The maximum absolute atomic E-state index is 12.1. The van der Waals surface area contributed by atoms with Crippen molar-refractivity contribution >= 4 is 42.1 Å². The van der Waals surface area contributed by atoms with Crippen LogP contribution in [0, 0.1) is 5.92 Å². The van der Waals surface area contributed by atoms with Gasteiger partial charge in [-0.25, -0.2) is 4.98 Å². The normalized spacial score (nSPS) is 23.1. The minimum Gasteiger partial charge on any atom is -0.378 e. The average molecular weight is 425 g/mol. The maximum Gasteiger partial charge on any atom is 0.237 e. The van der Waals surface area contributed by atoms with Gasteiger partial charge in [0.2, 0.25) is 5.91 Å². The SMILES string of the molecule is COCc1nc(CN2CCCC(CNC(=O)C3CCCN3)C2)cs1.Cl.Cl. The number of likely N-dealkylation sites (tertiary alicyclic amines) is 1. The molecule has 2 aliphatic rings. The Labute approximate surface area is 172 Å². The summed E-state index contributed by atoms with van der Waals surface area (Å²) in [4.78, 5) is 19.2. The van der Waals surface area contributed by atoms with Crippen LogP contribution in [0.3, 0.4) is 0 Å². The second kappa shape index (κ2) is 12.1. The molecule has 2 aliphatic heterocycles. The molecule has 2 saturated heterocycles. The molecule has 6 nitrogen and oxygen atoms in total. The zero-order valence-electron chi connectivity index (χ0n) is 15.2. The molecule has 1 amide bonds. The van der Waals surface area contributed by atoms with Gasteiger partial charge in [0, 0.05) is 32.1 Å². The minimum atomic E-state index is 0. The van der Waals surface area contributed by atoms with Gasteiger partial charge in [-0.15, -0.1) is 36.2 Å². The Kier molecular flexibility index (Phi) is 11.0. The van der Waals surface area contributed by atoms with Crippen molar-refractivity contribution in [3.63, 3.8) is 0 Å². The van der Waals surface area contributed by atoms with Gasteiger partial charge in [-0.2, -0.15) is 0 Å². The second-order valence-electron chi connectivity index (χ2n) is 6.80. The lowest BCUT2D eigenvalue weighted by Gasteiger charge is -2.32. The van der Waals surface area contributed by atoms with E-state index in [0.717, 1.165) is 56.3 Å². The molecule has 0 spiro atoms. The number of amides is 1. The highest BCUT2D eigenvalue weighted by molar-refractivity contribution is 7.09. The number of hydrogen-bond donors (Lipinski definition) is 2. The first-order valence-corrected chi connectivity index (χ1v) is 9.78. The molecule has 0 aliphatic carbocycles. The maximum atomic E-state index is 12.1. The van der Waals surface area contributed by atoms with Crippen LogP contribution in [0.1, 0.15) is 36.4 Å². The quantitative estimate of drug-likeness (QED) is 0.701. The number of halogens is 2. The van der Waals surface area contributed by atoms with E-state index < -0.39 is 0 Å². The van der Waals surface area contributed by atoms with Crippen LogP contribution < -0.4 is 10.6 Å². The topological polar surface area (TPSA) is 66.5 Å². The molecule has 3 rings (SSSR count). The molecule has 2 unspecified atom stereocenters. The Morgan fingerprint density at radius 2 is 2.27 bits per heavy atom. The molecule has 1 aromatic heterocycles. The summed E-state index contributed by atoms with van der Waals surface area (Å²) < 4.78 is 5.13. The molecule has 0 radical (unpaired) electrons. The highest BCUT2D eigenvalue weighted by Crippen LogP contribution is 2.19. The molecule has 0 bridgehead atoms. The van der Waals surface area contributed by atoms with Crippen molar-refractivity contribution in [1.82, 2.24) is 20.5 Å². The number of carbonyl (C=O) groups excluding carboxylic acids is 1. The number of nitrogens with one attached hydrogen (secondary N) is 2. The molecule has 2 atom stereocenters. The van der Waals surface area contributed by atoms with Gasteiger partial charge >= 0.3 is 0 Å². The third-order valence-corrected chi connectivity index (χ3v) is 5.67. The van der Waals surface area contributed by atoms with Gasteiger partial charge in [-0.3, -0.25) is 9.69 Å². The van der Waals surface area contributed by atoms with E-state index >= 15 is 0 Å². The summed E-state index contributed by atoms with van der Waals surface area (Å²) in [6.07, 6.45) is 4.46. The Balaban J connectivity index is 0.00000169. The molecule has 150 valence electrons. The number of carbonyl (C=O) groups is 1. The Hall–Kier alpha value is -0.440. The molecule has 9 heteroatoms. The van der Waals surface area contributed by atoms with E-state index in [1.54, 1.807) is 18.4 Å². The summed E-state index contributed by atoms with van der Waals surface area (Å²) in [6.45, 7) is 5.40. The number of rotatable bonds is 7. The van der Waals surface area contributed by atoms with Crippen molar-refractivity contribution in [1.29, 1.82) is 0 Å². The summed E-state index contributed by atoms with van der Waals surface area (Å²) in [7, 11) is 1.70. The third kappa shape index (κ3) is 6.94. The van der Waals surface area contributed by atoms with Crippen molar-refractivity contribution in [2.75, 3.05) is 33.3 Å². The number of nitrogens with zero attached hydrogens (tertiary/aromatic N) is 2. The number of methoxy groups -OCH3 is 1. The van der Waals surface area contributed by atoms with E-state index in [2.05, 4.69) is 25.9 Å². The molecule has 2 N–H and O–H groups in total. The summed E-state index contributed by atoms with van der Waals surface area (Å²) in [5.74, 6) is 0.717. The fourth-order valence-electron chi connectivity index (χ4n) is 3.58. The van der Waals surface area contributed by atoms with Crippen LogP contribution >= 0.6 is 36.2 Å². The van der Waals surface area contributed by atoms with E-state index in [-0.39, 0.29) is 36.8 Å². The number of piperidine rings is 1. The third-order valence-electron chi connectivity index (χ3n) is 4.80. The van der Waals surface area contributed by atoms with Crippen molar-refractivity contribution in [3.8, 4) is 0 Å². The Bertz CT molecular complexity index is 541. The first-order chi connectivity index (χ1) is 11.7. The van der Waals surface area contributed by atoms with Crippen LogP contribution in [0.15, 0.2) is 5.38 Å². The molecule has 1 aromatic rings. The van der Waals surface area contributed by atoms with Crippen LogP contribution in [0.2, 0.25) is 0 Å². The number of hydrogen-bond acceptors (Lipinski definition) is 6. The lowest BCUT2D eigenvalue weighted by molar-refractivity contribution is -0.123. The van der Waals surface area contributed by atoms with Gasteiger partial charge in [-0.1, -0.05) is 0 Å². The Morgan fingerprint density at radius 1 is 1.42 bits per heavy atom. The standard InChI is InChI=1S/C17H28N4O2S.2ClH/c1-23-11-16-20-14(12-24-16)10-21-7-3-4-13(9-21)8-19-17(22)15-5-2-6-18-15;;/h12-13,15,18H,2-11H2,1H3,(H,19,22);2*1H. The molecular weight excluding hydrogens is 395 g/mol. The smallest absolute Gasteiger partial charge is 0.237 e. The van der Waals surface area contributed by atoms with E-state index in [1.807, 2.05) is 0 Å². The highest BCUT2D eigenvalue weighted by atomic mass is 35.5. The van der Waals surface area contributed by atoms with Crippen LogP contribution in [0.4, 0.5) is 0 Å². The molecule has 26 heavy (non-hydrogen) atoms. The second-order valence-corrected chi connectivity index (χ2v) is 7.75. The molecular formula is C17H30Cl2N4O2S. The highest BCUT2D eigenvalue weighted by Gasteiger charge is 2.24. The molecule has 3 heterocycles. The van der Waals surface area contributed by atoms with Crippen LogP contribution in [-0.2, 0) is 22.7 Å². The fourth-order valence-corrected chi connectivity index (χ4v) is 4.33. The predicted molar refractivity (Wildman–Crippen MR) is 109 cm³/mol.